The summed E-state index contributed by atoms with van der Waals surface area (Å²) >= 11 is 0. The SMILES string of the molecule is C=CCNC(=O)/C(C#N)=C/c1ccc(C(C)C)c([N+](=O)[O-])c1. The minimum Gasteiger partial charge on any atom is -0.348 e. The molecule has 0 saturated carbocycles. The Morgan fingerprint density at radius 3 is 2.73 bits per heavy atom. The van der Waals surface area contributed by atoms with Crippen LogP contribution < -0.4 is 5.32 Å². The lowest BCUT2D eigenvalue weighted by Gasteiger charge is -2.07. The highest BCUT2D eigenvalue weighted by Crippen LogP contribution is 2.28. The van der Waals surface area contributed by atoms with Gasteiger partial charge in [0, 0.05) is 18.2 Å². The number of nitro benzene ring substituents is 1. The van der Waals surface area contributed by atoms with Crippen molar-refractivity contribution in [3.05, 3.63) is 57.7 Å². The number of amides is 1. The zero-order valence-corrected chi connectivity index (χ0v) is 12.5. The summed E-state index contributed by atoms with van der Waals surface area (Å²) in [5.41, 5.74) is 0.902. The Kier molecular flexibility index (Phi) is 6.02. The summed E-state index contributed by atoms with van der Waals surface area (Å²) in [5.74, 6) is -0.539. The lowest BCUT2D eigenvalue weighted by Crippen LogP contribution is -2.24. The molecule has 6 heteroatoms. The van der Waals surface area contributed by atoms with Crippen molar-refractivity contribution in [1.82, 2.24) is 5.32 Å². The summed E-state index contributed by atoms with van der Waals surface area (Å²) in [4.78, 5) is 22.4. The molecule has 0 unspecified atom stereocenters. The predicted molar refractivity (Wildman–Crippen MR) is 84.0 cm³/mol. The third-order valence-electron chi connectivity index (χ3n) is 2.96. The van der Waals surface area contributed by atoms with Gasteiger partial charge in [-0.15, -0.1) is 6.58 Å². The minimum absolute atomic E-state index is 0.00440. The maximum absolute atomic E-state index is 11.7. The van der Waals surface area contributed by atoms with Crippen molar-refractivity contribution >= 4 is 17.7 Å². The fraction of sp³-hybridized carbons (Fsp3) is 0.250. The van der Waals surface area contributed by atoms with E-state index in [-0.39, 0.29) is 23.7 Å². The van der Waals surface area contributed by atoms with E-state index in [0.717, 1.165) is 0 Å². The van der Waals surface area contributed by atoms with E-state index >= 15 is 0 Å². The topological polar surface area (TPSA) is 96.0 Å². The standard InChI is InChI=1S/C16H17N3O3/c1-4-7-18-16(20)13(10-17)8-12-5-6-14(11(2)3)15(9-12)19(21)22/h4-6,8-9,11H,1,7H2,2-3H3,(H,18,20)/b13-8+. The lowest BCUT2D eigenvalue weighted by atomic mass is 9.98. The van der Waals surface area contributed by atoms with E-state index in [4.69, 9.17) is 5.26 Å². The van der Waals surface area contributed by atoms with Crippen molar-refractivity contribution in [2.45, 2.75) is 19.8 Å². The molecule has 1 amide bonds. The number of nitrogens with zero attached hydrogens (tertiary/aromatic N) is 2. The second kappa shape index (κ2) is 7.74. The van der Waals surface area contributed by atoms with Crippen LogP contribution in [0.4, 0.5) is 5.69 Å². The van der Waals surface area contributed by atoms with Crippen molar-refractivity contribution in [1.29, 1.82) is 5.26 Å². The summed E-state index contributed by atoms with van der Waals surface area (Å²) in [6.45, 7) is 7.43. The molecule has 22 heavy (non-hydrogen) atoms. The molecule has 0 heterocycles. The summed E-state index contributed by atoms with van der Waals surface area (Å²) in [6, 6.07) is 6.46. The third-order valence-corrected chi connectivity index (χ3v) is 2.96. The van der Waals surface area contributed by atoms with Gasteiger partial charge in [0.1, 0.15) is 11.6 Å². The number of carbonyl (C=O) groups excluding carboxylic acids is 1. The molecule has 6 nitrogen and oxygen atoms in total. The van der Waals surface area contributed by atoms with E-state index in [1.807, 2.05) is 13.8 Å². The molecule has 1 N–H and O–H groups in total. The van der Waals surface area contributed by atoms with Gasteiger partial charge in [-0.05, 0) is 17.6 Å². The molecule has 0 aliphatic rings. The van der Waals surface area contributed by atoms with Crippen LogP contribution in [-0.4, -0.2) is 17.4 Å². The average Bonchev–Trinajstić information content (AvgIpc) is 2.49. The number of nitro groups is 1. The fourth-order valence-electron chi connectivity index (χ4n) is 1.87. The van der Waals surface area contributed by atoms with Crippen LogP contribution in [0.15, 0.2) is 36.4 Å². The first kappa shape index (κ1) is 17.1. The predicted octanol–water partition coefficient (Wildman–Crippen LogP) is 2.93. The van der Waals surface area contributed by atoms with Crippen LogP contribution in [0, 0.1) is 21.4 Å². The van der Waals surface area contributed by atoms with Crippen LogP contribution in [0.5, 0.6) is 0 Å². The Balaban J connectivity index is 3.21. The van der Waals surface area contributed by atoms with Crippen molar-refractivity contribution in [3.8, 4) is 6.07 Å². The average molecular weight is 299 g/mol. The van der Waals surface area contributed by atoms with Crippen molar-refractivity contribution in [2.24, 2.45) is 0 Å². The third kappa shape index (κ3) is 4.28. The first-order valence-electron chi connectivity index (χ1n) is 6.70. The van der Waals surface area contributed by atoms with Crippen molar-refractivity contribution < 1.29 is 9.72 Å². The van der Waals surface area contributed by atoms with Crippen molar-refractivity contribution in [2.75, 3.05) is 6.54 Å². The van der Waals surface area contributed by atoms with Gasteiger partial charge < -0.3 is 5.32 Å². The highest BCUT2D eigenvalue weighted by Gasteiger charge is 2.17. The molecular formula is C16H17N3O3. The lowest BCUT2D eigenvalue weighted by molar-refractivity contribution is -0.385. The Morgan fingerprint density at radius 2 is 2.23 bits per heavy atom. The summed E-state index contributed by atoms with van der Waals surface area (Å²) in [7, 11) is 0. The zero-order chi connectivity index (χ0) is 16.7. The largest absolute Gasteiger partial charge is 0.348 e. The molecule has 1 aromatic carbocycles. The Labute approximate surface area is 128 Å². The molecular weight excluding hydrogens is 282 g/mol. The molecule has 1 rings (SSSR count). The normalized spacial score (nSPS) is 10.9. The van der Waals surface area contributed by atoms with Gasteiger partial charge in [-0.1, -0.05) is 32.1 Å². The first-order valence-corrected chi connectivity index (χ1v) is 6.70. The fourth-order valence-corrected chi connectivity index (χ4v) is 1.87. The van der Waals surface area contributed by atoms with Gasteiger partial charge in [0.15, 0.2) is 0 Å². The molecule has 0 aliphatic carbocycles. The molecule has 0 bridgehead atoms. The Hall–Kier alpha value is -2.94. The van der Waals surface area contributed by atoms with Crippen LogP contribution in [-0.2, 0) is 4.79 Å². The number of nitriles is 1. The molecule has 0 radical (unpaired) electrons. The molecule has 0 spiro atoms. The van der Waals surface area contributed by atoms with E-state index in [9.17, 15) is 14.9 Å². The van der Waals surface area contributed by atoms with Gasteiger partial charge >= 0.3 is 0 Å². The molecule has 0 aliphatic heterocycles. The van der Waals surface area contributed by atoms with Gasteiger partial charge in [-0.3, -0.25) is 14.9 Å². The van der Waals surface area contributed by atoms with Crippen LogP contribution in [0.25, 0.3) is 6.08 Å². The van der Waals surface area contributed by atoms with E-state index in [2.05, 4.69) is 11.9 Å². The van der Waals surface area contributed by atoms with E-state index in [1.165, 1.54) is 18.2 Å². The van der Waals surface area contributed by atoms with E-state index in [0.29, 0.717) is 11.1 Å². The maximum Gasteiger partial charge on any atom is 0.273 e. The Morgan fingerprint density at radius 1 is 1.55 bits per heavy atom. The van der Waals surface area contributed by atoms with Crippen molar-refractivity contribution in [3.63, 3.8) is 0 Å². The quantitative estimate of drug-likeness (QED) is 0.287. The van der Waals surface area contributed by atoms with E-state index in [1.54, 1.807) is 18.2 Å². The summed E-state index contributed by atoms with van der Waals surface area (Å²) in [5, 5.41) is 22.7. The second-order valence-corrected chi connectivity index (χ2v) is 4.90. The molecule has 0 atom stereocenters. The molecule has 1 aromatic rings. The number of hydrogen-bond acceptors (Lipinski definition) is 4. The molecule has 0 saturated heterocycles. The summed E-state index contributed by atoms with van der Waals surface area (Å²) in [6.07, 6.45) is 2.82. The number of benzene rings is 1. The van der Waals surface area contributed by atoms with Gasteiger partial charge in [-0.2, -0.15) is 5.26 Å². The Bertz CT molecular complexity index is 670. The van der Waals surface area contributed by atoms with E-state index < -0.39 is 10.8 Å². The highest BCUT2D eigenvalue weighted by molar-refractivity contribution is 6.01. The number of rotatable bonds is 6. The number of carbonyl (C=O) groups is 1. The molecule has 0 aromatic heterocycles. The zero-order valence-electron chi connectivity index (χ0n) is 12.5. The van der Waals surface area contributed by atoms with Gasteiger partial charge in [0.2, 0.25) is 0 Å². The maximum atomic E-state index is 11.7. The highest BCUT2D eigenvalue weighted by atomic mass is 16.6. The smallest absolute Gasteiger partial charge is 0.273 e. The second-order valence-electron chi connectivity index (χ2n) is 4.90. The van der Waals surface area contributed by atoms with Crippen LogP contribution in [0.2, 0.25) is 0 Å². The minimum atomic E-state index is -0.544. The van der Waals surface area contributed by atoms with Crippen LogP contribution >= 0.6 is 0 Å². The number of nitrogens with one attached hydrogen (secondary N) is 1. The van der Waals surface area contributed by atoms with Crippen LogP contribution in [0.1, 0.15) is 30.9 Å². The van der Waals surface area contributed by atoms with Gasteiger partial charge in [0.25, 0.3) is 11.6 Å². The first-order chi connectivity index (χ1) is 10.4. The number of hydrogen-bond donors (Lipinski definition) is 1. The molecule has 114 valence electrons. The summed E-state index contributed by atoms with van der Waals surface area (Å²) < 4.78 is 0. The molecule has 0 fully saturated rings. The van der Waals surface area contributed by atoms with Gasteiger partial charge in [0.05, 0.1) is 4.92 Å². The van der Waals surface area contributed by atoms with Gasteiger partial charge in [-0.25, -0.2) is 0 Å². The van der Waals surface area contributed by atoms with Crippen LogP contribution in [0.3, 0.4) is 0 Å². The monoisotopic (exact) mass is 299 g/mol.